The Hall–Kier alpha value is -4.63. The highest BCUT2D eigenvalue weighted by molar-refractivity contribution is 5.90. The summed E-state index contributed by atoms with van der Waals surface area (Å²) in [6.45, 7) is 13.6. The van der Waals surface area contributed by atoms with E-state index in [0.29, 0.717) is 28.4 Å². The maximum Gasteiger partial charge on any atom is 0.338 e. The normalized spacial score (nSPS) is 9.31. The van der Waals surface area contributed by atoms with E-state index >= 15 is 0 Å². The van der Waals surface area contributed by atoms with Gasteiger partial charge < -0.3 is 14.2 Å². The molecule has 0 amide bonds. The Morgan fingerprint density at radius 2 is 1.03 bits per heavy atom. The highest BCUT2D eigenvalue weighted by atomic mass is 16.5. The lowest BCUT2D eigenvalue weighted by molar-refractivity contribution is -0.132. The van der Waals surface area contributed by atoms with Gasteiger partial charge in [-0.15, -0.1) is 12.8 Å². The average molecular weight is 473 g/mol. The molecular formula is C29H28O6. The lowest BCUT2D eigenvalue weighted by atomic mass is 10.1. The minimum absolute atomic E-state index is 0.323. The zero-order valence-corrected chi connectivity index (χ0v) is 20.3. The second kappa shape index (κ2) is 13.8. The van der Waals surface area contributed by atoms with Crippen molar-refractivity contribution in [1.29, 1.82) is 0 Å². The number of benzene rings is 3. The summed E-state index contributed by atoms with van der Waals surface area (Å²) in [5, 5.41) is 2.20. The van der Waals surface area contributed by atoms with Crippen LogP contribution in [0.3, 0.4) is 0 Å². The molecule has 3 aromatic carbocycles. The lowest BCUT2D eigenvalue weighted by Gasteiger charge is -2.05. The quantitative estimate of drug-likeness (QED) is 0.197. The van der Waals surface area contributed by atoms with Crippen LogP contribution in [0.1, 0.15) is 26.3 Å². The molecule has 3 rings (SSSR count). The molecule has 35 heavy (non-hydrogen) atoms. The van der Waals surface area contributed by atoms with E-state index in [0.717, 1.165) is 10.8 Å². The van der Waals surface area contributed by atoms with Crippen LogP contribution < -0.4 is 14.2 Å². The van der Waals surface area contributed by atoms with Gasteiger partial charge in [-0.2, -0.15) is 0 Å². The van der Waals surface area contributed by atoms with E-state index in [-0.39, 0.29) is 0 Å². The zero-order chi connectivity index (χ0) is 26.5. The summed E-state index contributed by atoms with van der Waals surface area (Å²) in [5.74, 6) is 0.0595. The van der Waals surface area contributed by atoms with Crippen molar-refractivity contribution in [3.8, 4) is 30.1 Å². The number of carbonyl (C=O) groups is 3. The van der Waals surface area contributed by atoms with Crippen molar-refractivity contribution in [1.82, 2.24) is 0 Å². The number of ether oxygens (including phenoxy) is 3. The SMILES string of the molecule is C#C.C=C(C)C(=O)Oc1ccc(OC(C)=O)cc1.C=C(C)C(=O)Oc1ccc2cc(C)ccc2c1. The van der Waals surface area contributed by atoms with Crippen LogP contribution in [0.2, 0.25) is 0 Å². The Morgan fingerprint density at radius 1 is 0.629 bits per heavy atom. The van der Waals surface area contributed by atoms with Crippen LogP contribution in [-0.4, -0.2) is 17.9 Å². The number of hydrogen-bond acceptors (Lipinski definition) is 6. The van der Waals surface area contributed by atoms with Crippen molar-refractivity contribution < 1.29 is 28.6 Å². The largest absolute Gasteiger partial charge is 0.427 e. The van der Waals surface area contributed by atoms with Crippen molar-refractivity contribution in [3.05, 3.63) is 90.5 Å². The van der Waals surface area contributed by atoms with E-state index in [1.54, 1.807) is 44.2 Å². The third-order valence-electron chi connectivity index (χ3n) is 4.17. The molecule has 0 aromatic heterocycles. The number of aryl methyl sites for hydroxylation is 1. The van der Waals surface area contributed by atoms with Crippen LogP contribution in [0, 0.1) is 19.8 Å². The molecule has 0 spiro atoms. The van der Waals surface area contributed by atoms with Gasteiger partial charge in [-0.3, -0.25) is 4.79 Å². The molecule has 0 aliphatic carbocycles. The third-order valence-corrected chi connectivity index (χ3v) is 4.17. The zero-order valence-electron chi connectivity index (χ0n) is 20.3. The first-order valence-electron chi connectivity index (χ1n) is 10.4. The van der Waals surface area contributed by atoms with Crippen LogP contribution in [-0.2, 0) is 14.4 Å². The molecule has 3 aromatic rings. The fourth-order valence-electron chi connectivity index (χ4n) is 2.54. The molecule has 6 nitrogen and oxygen atoms in total. The molecule has 0 aliphatic rings. The van der Waals surface area contributed by atoms with Gasteiger partial charge in [0.05, 0.1) is 0 Å². The molecule has 0 saturated heterocycles. The third kappa shape index (κ3) is 9.80. The van der Waals surface area contributed by atoms with Gasteiger partial charge in [-0.25, -0.2) is 9.59 Å². The predicted molar refractivity (Wildman–Crippen MR) is 137 cm³/mol. The molecule has 6 heteroatoms. The number of esters is 3. The molecular weight excluding hydrogens is 444 g/mol. The number of carbonyl (C=O) groups excluding carboxylic acids is 3. The van der Waals surface area contributed by atoms with Gasteiger partial charge in [0.15, 0.2) is 0 Å². The Kier molecular flexibility index (Phi) is 11.2. The molecule has 0 bridgehead atoms. The predicted octanol–water partition coefficient (Wildman–Crippen LogP) is 5.97. The van der Waals surface area contributed by atoms with Crippen molar-refractivity contribution in [2.24, 2.45) is 0 Å². The average Bonchev–Trinajstić information content (AvgIpc) is 2.81. The summed E-state index contributed by atoms with van der Waals surface area (Å²) in [5.41, 5.74) is 1.93. The van der Waals surface area contributed by atoms with E-state index in [1.165, 1.54) is 12.5 Å². The molecule has 0 atom stereocenters. The Morgan fingerprint density at radius 3 is 1.51 bits per heavy atom. The summed E-state index contributed by atoms with van der Waals surface area (Å²) in [6.07, 6.45) is 8.00. The molecule has 0 fully saturated rings. The number of hydrogen-bond donors (Lipinski definition) is 0. The molecule has 0 radical (unpaired) electrons. The van der Waals surface area contributed by atoms with E-state index in [4.69, 9.17) is 14.2 Å². The maximum atomic E-state index is 11.4. The molecule has 0 saturated carbocycles. The smallest absolute Gasteiger partial charge is 0.338 e. The maximum absolute atomic E-state index is 11.4. The fraction of sp³-hybridized carbons (Fsp3) is 0.138. The van der Waals surface area contributed by atoms with Gasteiger partial charge in [0, 0.05) is 18.1 Å². The number of rotatable bonds is 5. The van der Waals surface area contributed by atoms with Gasteiger partial charge in [-0.05, 0) is 67.9 Å². The van der Waals surface area contributed by atoms with Crippen LogP contribution >= 0.6 is 0 Å². The molecule has 180 valence electrons. The summed E-state index contributed by atoms with van der Waals surface area (Å²) < 4.78 is 15.0. The standard InChI is InChI=1S/C15H14O2.C12H12O4.C2H2/c1-10(2)15(16)17-14-7-6-12-8-11(3)4-5-13(12)9-14;1-8(2)12(14)16-11-6-4-10(5-7-11)15-9(3)13;1-2/h4-9H,1H2,2-3H3;4-7H,1H2,2-3H3;1-2H. The highest BCUT2D eigenvalue weighted by Crippen LogP contribution is 2.22. The molecule has 0 unspecified atom stereocenters. The summed E-state index contributed by atoms with van der Waals surface area (Å²) in [6, 6.07) is 17.9. The molecule has 0 aliphatic heterocycles. The molecule has 0 N–H and O–H groups in total. The topological polar surface area (TPSA) is 78.9 Å². The van der Waals surface area contributed by atoms with Crippen LogP contribution in [0.4, 0.5) is 0 Å². The van der Waals surface area contributed by atoms with Crippen LogP contribution in [0.15, 0.2) is 85.0 Å². The Balaban J connectivity index is 0.000000328. The van der Waals surface area contributed by atoms with Crippen LogP contribution in [0.5, 0.6) is 17.2 Å². The van der Waals surface area contributed by atoms with E-state index in [2.05, 4.69) is 39.0 Å². The van der Waals surface area contributed by atoms with Gasteiger partial charge in [0.25, 0.3) is 0 Å². The monoisotopic (exact) mass is 472 g/mol. The van der Waals surface area contributed by atoms with Crippen molar-refractivity contribution in [2.75, 3.05) is 0 Å². The number of fused-ring (bicyclic) bond motifs is 1. The Labute approximate surface area is 205 Å². The highest BCUT2D eigenvalue weighted by Gasteiger charge is 2.06. The Bertz CT molecular complexity index is 1250. The summed E-state index contributed by atoms with van der Waals surface area (Å²) in [4.78, 5) is 33.2. The minimum Gasteiger partial charge on any atom is -0.427 e. The molecule has 0 heterocycles. The lowest BCUT2D eigenvalue weighted by Crippen LogP contribution is -2.08. The van der Waals surface area contributed by atoms with Crippen LogP contribution in [0.25, 0.3) is 10.8 Å². The second-order valence-corrected chi connectivity index (χ2v) is 7.42. The summed E-state index contributed by atoms with van der Waals surface area (Å²) >= 11 is 0. The van der Waals surface area contributed by atoms with Gasteiger partial charge in [-0.1, -0.05) is 43.0 Å². The fourth-order valence-corrected chi connectivity index (χ4v) is 2.54. The van der Waals surface area contributed by atoms with Gasteiger partial charge in [0.1, 0.15) is 17.2 Å². The van der Waals surface area contributed by atoms with Gasteiger partial charge in [0.2, 0.25) is 0 Å². The first-order chi connectivity index (χ1) is 16.5. The van der Waals surface area contributed by atoms with Gasteiger partial charge >= 0.3 is 17.9 Å². The van der Waals surface area contributed by atoms with E-state index in [1.807, 2.05) is 24.3 Å². The van der Waals surface area contributed by atoms with Crippen molar-refractivity contribution in [3.63, 3.8) is 0 Å². The first kappa shape index (κ1) is 28.4. The first-order valence-corrected chi connectivity index (χ1v) is 10.4. The minimum atomic E-state index is -0.486. The second-order valence-electron chi connectivity index (χ2n) is 7.42. The summed E-state index contributed by atoms with van der Waals surface area (Å²) in [7, 11) is 0. The van der Waals surface area contributed by atoms with Crippen molar-refractivity contribution in [2.45, 2.75) is 27.7 Å². The number of terminal acetylenes is 1. The van der Waals surface area contributed by atoms with E-state index < -0.39 is 17.9 Å². The van der Waals surface area contributed by atoms with Crippen molar-refractivity contribution >= 4 is 28.7 Å². The van der Waals surface area contributed by atoms with E-state index in [9.17, 15) is 14.4 Å².